The number of hydrogen-bond acceptors (Lipinski definition) is 9. The van der Waals surface area contributed by atoms with E-state index in [0.717, 1.165) is 0 Å². The van der Waals surface area contributed by atoms with E-state index in [1.54, 1.807) is 59.3 Å². The molecule has 0 aliphatic carbocycles. The highest BCUT2D eigenvalue weighted by atomic mass is 19.1. The van der Waals surface area contributed by atoms with Gasteiger partial charge in [-0.05, 0) is 61.4 Å². The molecule has 0 bridgehead atoms. The lowest BCUT2D eigenvalue weighted by atomic mass is 10.0. The van der Waals surface area contributed by atoms with Gasteiger partial charge in [-0.15, -0.1) is 0 Å². The Balaban J connectivity index is 1.56. The second-order valence-corrected chi connectivity index (χ2v) is 12.3. The Hall–Kier alpha value is -5.86. The number of urea groups is 1. The van der Waals surface area contributed by atoms with E-state index in [9.17, 15) is 23.6 Å². The number of halogens is 1. The number of carbonyl (C=O) groups is 3. The molecule has 2 unspecified atom stereocenters. The predicted molar refractivity (Wildman–Crippen MR) is 191 cm³/mol. The maximum atomic E-state index is 14.3. The normalized spacial score (nSPS) is 14.1. The molecule has 14 nitrogen and oxygen atoms in total. The van der Waals surface area contributed by atoms with Crippen LogP contribution in [0, 0.1) is 11.7 Å². The molecule has 15 heteroatoms. The minimum atomic E-state index is -0.890. The summed E-state index contributed by atoms with van der Waals surface area (Å²) in [5.41, 5.74) is 0.781. The average molecular weight is 704 g/mol. The number of ether oxygens (including phenoxy) is 3. The first kappa shape index (κ1) is 36.4. The standard InChI is InChI=1S/C36H42FN7O7/c1-22(2)31(40-36(48)51-6)34(46)41-17-19-42(20-18-41)44-32(39-28-10-8-7-9-27(28)33(44)45)23(3)43(29-16-15-26(49-4)21-30(29)50-5)35(47)38-25-13-11-24(37)12-14-25/h7-16,21-23,31H,17-20H2,1-6H3,(H,38,47)(H,40,48). The van der Waals surface area contributed by atoms with Gasteiger partial charge >= 0.3 is 12.1 Å². The quantitative estimate of drug-likeness (QED) is 0.244. The minimum Gasteiger partial charge on any atom is -0.497 e. The number of alkyl carbamates (subject to hydrolysis) is 1. The van der Waals surface area contributed by atoms with Crippen LogP contribution in [0.25, 0.3) is 10.9 Å². The molecule has 270 valence electrons. The summed E-state index contributed by atoms with van der Waals surface area (Å²) in [6.07, 6.45) is -0.699. The first-order valence-corrected chi connectivity index (χ1v) is 16.4. The first-order chi connectivity index (χ1) is 24.5. The number of hydrogen-bond donors (Lipinski definition) is 2. The Morgan fingerprint density at radius 1 is 0.902 bits per heavy atom. The smallest absolute Gasteiger partial charge is 0.407 e. The van der Waals surface area contributed by atoms with Crippen LogP contribution in [0.5, 0.6) is 11.5 Å². The zero-order chi connectivity index (χ0) is 36.8. The zero-order valence-corrected chi connectivity index (χ0v) is 29.4. The number of carbonyl (C=O) groups excluding carboxylic acids is 3. The number of aromatic nitrogens is 2. The summed E-state index contributed by atoms with van der Waals surface area (Å²) >= 11 is 0. The van der Waals surface area contributed by atoms with Crippen LogP contribution in [0.15, 0.2) is 71.5 Å². The summed E-state index contributed by atoms with van der Waals surface area (Å²) in [5.74, 6) is 0.146. The maximum absolute atomic E-state index is 14.3. The van der Waals surface area contributed by atoms with E-state index in [-0.39, 0.29) is 49.4 Å². The van der Waals surface area contributed by atoms with Gasteiger partial charge in [0, 0.05) is 24.8 Å². The van der Waals surface area contributed by atoms with Gasteiger partial charge in [0.15, 0.2) is 5.82 Å². The maximum Gasteiger partial charge on any atom is 0.407 e. The fraction of sp³-hybridized carbons (Fsp3) is 0.361. The summed E-state index contributed by atoms with van der Waals surface area (Å²) in [7, 11) is 4.22. The van der Waals surface area contributed by atoms with E-state index >= 15 is 0 Å². The van der Waals surface area contributed by atoms with Gasteiger partial charge in [0.25, 0.3) is 5.56 Å². The summed E-state index contributed by atoms with van der Waals surface area (Å²) in [5, 5.41) is 7.63. The van der Waals surface area contributed by atoms with Crippen LogP contribution in [-0.4, -0.2) is 86.1 Å². The van der Waals surface area contributed by atoms with Crippen LogP contribution in [-0.2, 0) is 9.53 Å². The SMILES string of the molecule is COC(=O)NC(C(=O)N1CCN(n2c(C(C)N(C(=O)Nc3ccc(F)cc3)c3ccc(OC)cc3OC)nc3ccccc3c2=O)CC1)C(C)C. The van der Waals surface area contributed by atoms with Gasteiger partial charge in [-0.2, -0.15) is 0 Å². The van der Waals surface area contributed by atoms with E-state index in [2.05, 4.69) is 10.6 Å². The molecular formula is C36H42FN7O7. The number of piperazine rings is 1. The Morgan fingerprint density at radius 2 is 1.59 bits per heavy atom. The third-order valence-corrected chi connectivity index (χ3v) is 8.74. The van der Waals surface area contributed by atoms with E-state index in [0.29, 0.717) is 33.8 Å². The molecular weight excluding hydrogens is 661 g/mol. The number of benzene rings is 3. The van der Waals surface area contributed by atoms with Crippen molar-refractivity contribution in [3.05, 3.63) is 88.7 Å². The van der Waals surface area contributed by atoms with Crippen molar-refractivity contribution in [1.82, 2.24) is 19.9 Å². The van der Waals surface area contributed by atoms with E-state index in [1.807, 2.05) is 13.8 Å². The number of anilines is 2. The van der Waals surface area contributed by atoms with Crippen molar-refractivity contribution in [3.63, 3.8) is 0 Å². The molecule has 1 fully saturated rings. The molecule has 1 saturated heterocycles. The van der Waals surface area contributed by atoms with E-state index in [4.69, 9.17) is 19.2 Å². The Labute approximate surface area is 294 Å². The van der Waals surface area contributed by atoms with Crippen molar-refractivity contribution in [2.45, 2.75) is 32.9 Å². The van der Waals surface area contributed by atoms with Gasteiger partial charge in [0.1, 0.15) is 23.4 Å². The van der Waals surface area contributed by atoms with Crippen molar-refractivity contribution >= 4 is 40.3 Å². The van der Waals surface area contributed by atoms with Crippen molar-refractivity contribution in [3.8, 4) is 11.5 Å². The van der Waals surface area contributed by atoms with Crippen LogP contribution in [0.2, 0.25) is 0 Å². The van der Waals surface area contributed by atoms with Crippen LogP contribution >= 0.6 is 0 Å². The van der Waals surface area contributed by atoms with Crippen LogP contribution in [0.3, 0.4) is 0 Å². The van der Waals surface area contributed by atoms with Crippen molar-refractivity contribution in [1.29, 1.82) is 0 Å². The molecule has 0 spiro atoms. The Kier molecular flexibility index (Phi) is 11.3. The predicted octanol–water partition coefficient (Wildman–Crippen LogP) is 4.51. The lowest BCUT2D eigenvalue weighted by Crippen LogP contribution is -2.60. The summed E-state index contributed by atoms with van der Waals surface area (Å²) in [6, 6.07) is 15.0. The third kappa shape index (κ3) is 7.82. The number of fused-ring (bicyclic) bond motifs is 1. The molecule has 1 aliphatic heterocycles. The van der Waals surface area contributed by atoms with Crippen LogP contribution in [0.1, 0.15) is 32.6 Å². The number of nitrogens with zero attached hydrogens (tertiary/aromatic N) is 5. The number of amides is 4. The van der Waals surface area contributed by atoms with Crippen molar-refractivity contribution < 1.29 is 33.0 Å². The van der Waals surface area contributed by atoms with Gasteiger partial charge in [-0.25, -0.2) is 23.6 Å². The molecule has 5 rings (SSSR count). The van der Waals surface area contributed by atoms with E-state index in [1.165, 1.54) is 55.2 Å². The highest BCUT2D eigenvalue weighted by molar-refractivity contribution is 6.03. The number of para-hydroxylation sites is 1. The average Bonchev–Trinajstić information content (AvgIpc) is 3.14. The second kappa shape index (κ2) is 15.8. The van der Waals surface area contributed by atoms with Crippen molar-refractivity contribution in [2.75, 3.05) is 62.7 Å². The summed E-state index contributed by atoms with van der Waals surface area (Å²) < 4.78 is 31.0. The third-order valence-electron chi connectivity index (χ3n) is 8.74. The van der Waals surface area contributed by atoms with Gasteiger partial charge in [0.2, 0.25) is 5.91 Å². The number of methoxy groups -OCH3 is 3. The highest BCUT2D eigenvalue weighted by Gasteiger charge is 2.35. The minimum absolute atomic E-state index is 0.198. The Bertz CT molecular complexity index is 1940. The molecule has 1 aliphatic rings. The molecule has 2 N–H and O–H groups in total. The Morgan fingerprint density at radius 3 is 2.22 bits per heavy atom. The lowest BCUT2D eigenvalue weighted by molar-refractivity contribution is -0.134. The molecule has 1 aromatic heterocycles. The van der Waals surface area contributed by atoms with Gasteiger partial charge in [0.05, 0.1) is 57.1 Å². The monoisotopic (exact) mass is 703 g/mol. The molecule has 3 aromatic carbocycles. The molecule has 4 amide bonds. The highest BCUT2D eigenvalue weighted by Crippen LogP contribution is 2.37. The molecule has 0 radical (unpaired) electrons. The number of nitrogens with one attached hydrogen (secondary N) is 2. The fourth-order valence-corrected chi connectivity index (χ4v) is 6.01. The number of rotatable bonds is 10. The lowest BCUT2D eigenvalue weighted by Gasteiger charge is -2.40. The summed E-state index contributed by atoms with van der Waals surface area (Å²) in [4.78, 5) is 62.0. The van der Waals surface area contributed by atoms with E-state index < -0.39 is 30.0 Å². The first-order valence-electron chi connectivity index (χ1n) is 16.4. The van der Waals surface area contributed by atoms with Crippen molar-refractivity contribution in [2.24, 2.45) is 5.92 Å². The van der Waals surface area contributed by atoms with Gasteiger partial charge in [-0.3, -0.25) is 14.5 Å². The molecule has 4 aromatic rings. The van der Waals surface area contributed by atoms with Gasteiger partial charge in [-0.1, -0.05) is 26.0 Å². The summed E-state index contributed by atoms with van der Waals surface area (Å²) in [6.45, 7) is 6.41. The van der Waals surface area contributed by atoms with Crippen LogP contribution < -0.4 is 35.6 Å². The van der Waals surface area contributed by atoms with Gasteiger partial charge < -0.3 is 34.8 Å². The zero-order valence-electron chi connectivity index (χ0n) is 29.4. The second-order valence-electron chi connectivity index (χ2n) is 12.3. The topological polar surface area (TPSA) is 148 Å². The molecule has 2 atom stereocenters. The molecule has 2 heterocycles. The molecule has 51 heavy (non-hydrogen) atoms. The largest absolute Gasteiger partial charge is 0.497 e. The molecule has 0 saturated carbocycles. The van der Waals surface area contributed by atoms with Crippen LogP contribution in [0.4, 0.5) is 25.4 Å². The fourth-order valence-electron chi connectivity index (χ4n) is 6.01.